The van der Waals surface area contributed by atoms with E-state index in [1.807, 2.05) is 11.8 Å². The highest BCUT2D eigenvalue weighted by atomic mass is 32.2. The lowest BCUT2D eigenvalue weighted by molar-refractivity contribution is -0.139. The van der Waals surface area contributed by atoms with Gasteiger partial charge in [-0.05, 0) is 24.3 Å². The molecule has 0 aromatic rings. The third-order valence-corrected chi connectivity index (χ3v) is 3.57. The first-order chi connectivity index (χ1) is 7.20. The van der Waals surface area contributed by atoms with Gasteiger partial charge in [-0.1, -0.05) is 5.16 Å². The Morgan fingerprint density at radius 1 is 1.60 bits per heavy atom. The van der Waals surface area contributed by atoms with Crippen LogP contribution < -0.4 is 0 Å². The van der Waals surface area contributed by atoms with Crippen LogP contribution in [0.4, 0.5) is 0 Å². The number of hydrogen-bond donors (Lipinski definition) is 1. The summed E-state index contributed by atoms with van der Waals surface area (Å²) < 4.78 is 5.01. The van der Waals surface area contributed by atoms with E-state index < -0.39 is 5.97 Å². The SMILES string of the molecule is O=C(O)COC1=NOC2(CCSCC2)C1. The maximum Gasteiger partial charge on any atom is 0.341 e. The van der Waals surface area contributed by atoms with E-state index >= 15 is 0 Å². The number of ether oxygens (including phenoxy) is 1. The Balaban J connectivity index is 1.83. The summed E-state index contributed by atoms with van der Waals surface area (Å²) in [6.07, 6.45) is 2.53. The summed E-state index contributed by atoms with van der Waals surface area (Å²) in [4.78, 5) is 15.7. The smallest absolute Gasteiger partial charge is 0.341 e. The van der Waals surface area contributed by atoms with Crippen LogP contribution in [-0.4, -0.2) is 40.7 Å². The summed E-state index contributed by atoms with van der Waals surface area (Å²) >= 11 is 1.91. The third-order valence-electron chi connectivity index (χ3n) is 2.58. The first-order valence-corrected chi connectivity index (χ1v) is 6.03. The molecule has 2 heterocycles. The van der Waals surface area contributed by atoms with Crippen molar-refractivity contribution in [2.24, 2.45) is 5.16 Å². The van der Waals surface area contributed by atoms with E-state index in [-0.39, 0.29) is 12.2 Å². The van der Waals surface area contributed by atoms with Gasteiger partial charge in [-0.3, -0.25) is 0 Å². The highest BCUT2D eigenvalue weighted by Gasteiger charge is 2.41. The lowest BCUT2D eigenvalue weighted by Crippen LogP contribution is -2.34. The Kier molecular flexibility index (Phi) is 3.04. The molecule has 0 amide bonds. The number of carboxylic acids is 1. The van der Waals surface area contributed by atoms with Gasteiger partial charge in [0.25, 0.3) is 0 Å². The van der Waals surface area contributed by atoms with Crippen LogP contribution in [0.3, 0.4) is 0 Å². The topological polar surface area (TPSA) is 68.1 Å². The van der Waals surface area contributed by atoms with Crippen molar-refractivity contribution in [1.29, 1.82) is 0 Å². The molecule has 0 unspecified atom stereocenters. The molecular weight excluding hydrogens is 218 g/mol. The molecule has 1 fully saturated rings. The summed E-state index contributed by atoms with van der Waals surface area (Å²) in [5.41, 5.74) is -0.209. The predicted octanol–water partition coefficient (Wildman–Crippen LogP) is 1.09. The second-order valence-corrected chi connectivity index (χ2v) is 4.96. The van der Waals surface area contributed by atoms with Gasteiger partial charge in [-0.25, -0.2) is 4.79 Å². The van der Waals surface area contributed by atoms with Crippen molar-refractivity contribution in [3.63, 3.8) is 0 Å². The number of hydrogen-bond acceptors (Lipinski definition) is 5. The lowest BCUT2D eigenvalue weighted by Gasteiger charge is -2.29. The fraction of sp³-hybridized carbons (Fsp3) is 0.778. The largest absolute Gasteiger partial charge is 0.479 e. The van der Waals surface area contributed by atoms with E-state index in [1.54, 1.807) is 0 Å². The summed E-state index contributed by atoms with van der Waals surface area (Å²) in [5, 5.41) is 12.3. The molecular formula is C9H13NO4S. The minimum atomic E-state index is -0.988. The molecule has 0 saturated carbocycles. The average molecular weight is 231 g/mol. The molecule has 6 heteroatoms. The van der Waals surface area contributed by atoms with Gasteiger partial charge in [-0.15, -0.1) is 0 Å². The molecule has 0 aromatic carbocycles. The molecule has 0 bridgehead atoms. The van der Waals surface area contributed by atoms with Crippen LogP contribution in [0.5, 0.6) is 0 Å². The van der Waals surface area contributed by atoms with Crippen LogP contribution in [0.1, 0.15) is 19.3 Å². The highest BCUT2D eigenvalue weighted by Crippen LogP contribution is 2.37. The van der Waals surface area contributed by atoms with Crippen LogP contribution >= 0.6 is 11.8 Å². The fourth-order valence-corrected chi connectivity index (χ4v) is 2.96. The third kappa shape index (κ3) is 2.56. The van der Waals surface area contributed by atoms with E-state index in [1.165, 1.54) is 0 Å². The van der Waals surface area contributed by atoms with Gasteiger partial charge in [0.2, 0.25) is 5.90 Å². The number of carbonyl (C=O) groups is 1. The molecule has 5 nitrogen and oxygen atoms in total. The predicted molar refractivity (Wildman–Crippen MR) is 56.0 cm³/mol. The normalized spacial score (nSPS) is 23.3. The molecule has 2 aliphatic heterocycles. The maximum atomic E-state index is 10.3. The first kappa shape index (κ1) is 10.6. The number of carboxylic acid groups (broad SMARTS) is 1. The molecule has 1 saturated heterocycles. The van der Waals surface area contributed by atoms with Gasteiger partial charge in [0.15, 0.2) is 6.61 Å². The van der Waals surface area contributed by atoms with E-state index in [0.29, 0.717) is 12.3 Å². The van der Waals surface area contributed by atoms with Crippen molar-refractivity contribution in [3.05, 3.63) is 0 Å². The molecule has 0 atom stereocenters. The van der Waals surface area contributed by atoms with Gasteiger partial charge in [-0.2, -0.15) is 11.8 Å². The molecule has 15 heavy (non-hydrogen) atoms. The number of rotatable bonds is 2. The molecule has 2 rings (SSSR count). The summed E-state index contributed by atoms with van der Waals surface area (Å²) in [6.45, 7) is -0.340. The number of oxime groups is 1. The zero-order valence-corrected chi connectivity index (χ0v) is 9.09. The first-order valence-electron chi connectivity index (χ1n) is 4.88. The van der Waals surface area contributed by atoms with Crippen molar-refractivity contribution in [3.8, 4) is 0 Å². The van der Waals surface area contributed by atoms with Crippen LogP contribution in [-0.2, 0) is 14.4 Å². The number of aliphatic carboxylic acids is 1. The Labute approximate surface area is 91.8 Å². The van der Waals surface area contributed by atoms with Crippen LogP contribution in [0, 0.1) is 0 Å². The minimum Gasteiger partial charge on any atom is -0.479 e. The summed E-state index contributed by atoms with van der Waals surface area (Å²) in [6, 6.07) is 0. The Hall–Kier alpha value is -0.910. The standard InChI is InChI=1S/C9H13NO4S/c11-8(12)6-13-7-5-9(14-10-7)1-3-15-4-2-9/h1-6H2,(H,11,12). The highest BCUT2D eigenvalue weighted by molar-refractivity contribution is 7.99. The molecule has 84 valence electrons. The zero-order chi connectivity index (χ0) is 10.7. The Morgan fingerprint density at radius 2 is 2.33 bits per heavy atom. The molecule has 1 N–H and O–H groups in total. The van der Waals surface area contributed by atoms with E-state index in [4.69, 9.17) is 14.7 Å². The van der Waals surface area contributed by atoms with Crippen LogP contribution in [0.2, 0.25) is 0 Å². The van der Waals surface area contributed by atoms with Crippen LogP contribution in [0.25, 0.3) is 0 Å². The Morgan fingerprint density at radius 3 is 3.00 bits per heavy atom. The van der Waals surface area contributed by atoms with E-state index in [2.05, 4.69) is 5.16 Å². The zero-order valence-electron chi connectivity index (χ0n) is 8.27. The second kappa shape index (κ2) is 4.30. The van der Waals surface area contributed by atoms with Gasteiger partial charge in [0.1, 0.15) is 5.60 Å². The summed E-state index contributed by atoms with van der Waals surface area (Å²) in [5.74, 6) is 1.57. The van der Waals surface area contributed by atoms with Crippen molar-refractivity contribution < 1.29 is 19.5 Å². The number of thioether (sulfide) groups is 1. The molecule has 2 aliphatic rings. The van der Waals surface area contributed by atoms with Crippen molar-refractivity contribution in [2.75, 3.05) is 18.1 Å². The average Bonchev–Trinajstić information content (AvgIpc) is 2.60. The quantitative estimate of drug-likeness (QED) is 0.770. The molecule has 0 radical (unpaired) electrons. The fourth-order valence-electron chi connectivity index (χ4n) is 1.72. The molecule has 0 aliphatic carbocycles. The van der Waals surface area contributed by atoms with Gasteiger partial charge in [0.05, 0.1) is 6.42 Å². The molecule has 1 spiro atoms. The molecule has 0 aromatic heterocycles. The van der Waals surface area contributed by atoms with Gasteiger partial charge in [0, 0.05) is 0 Å². The minimum absolute atomic E-state index is 0.209. The van der Waals surface area contributed by atoms with Crippen LogP contribution in [0.15, 0.2) is 5.16 Å². The van der Waals surface area contributed by atoms with Gasteiger partial charge >= 0.3 is 5.97 Å². The summed E-state index contributed by atoms with van der Waals surface area (Å²) in [7, 11) is 0. The number of nitrogens with zero attached hydrogens (tertiary/aromatic N) is 1. The van der Waals surface area contributed by atoms with E-state index in [0.717, 1.165) is 24.3 Å². The Bertz CT molecular complexity index is 286. The second-order valence-electron chi connectivity index (χ2n) is 3.73. The van der Waals surface area contributed by atoms with E-state index in [9.17, 15) is 4.79 Å². The van der Waals surface area contributed by atoms with Crippen molar-refractivity contribution >= 4 is 23.6 Å². The monoisotopic (exact) mass is 231 g/mol. The van der Waals surface area contributed by atoms with Crippen molar-refractivity contribution in [1.82, 2.24) is 0 Å². The van der Waals surface area contributed by atoms with Crippen molar-refractivity contribution in [2.45, 2.75) is 24.9 Å². The van der Waals surface area contributed by atoms with Gasteiger partial charge < -0.3 is 14.7 Å². The lowest BCUT2D eigenvalue weighted by atomic mass is 9.93. The maximum absolute atomic E-state index is 10.3.